The molecule has 0 bridgehead atoms. The second-order valence-electron chi connectivity index (χ2n) is 5.52. The van der Waals surface area contributed by atoms with Crippen LogP contribution in [0.5, 0.6) is 0 Å². The Morgan fingerprint density at radius 1 is 0.786 bits per heavy atom. The van der Waals surface area contributed by atoms with Gasteiger partial charge < -0.3 is 0 Å². The van der Waals surface area contributed by atoms with E-state index in [0.717, 1.165) is 0 Å². The van der Waals surface area contributed by atoms with Crippen LogP contribution >= 0.6 is 0 Å². The van der Waals surface area contributed by atoms with Crippen LogP contribution in [0, 0.1) is 10.8 Å². The van der Waals surface area contributed by atoms with Crippen LogP contribution in [-0.2, 0) is 29.7 Å². The first-order chi connectivity index (χ1) is 5.55. The summed E-state index contributed by atoms with van der Waals surface area (Å²) in [5.41, 5.74) is -0.804. The molecule has 0 aliphatic heterocycles. The van der Waals surface area contributed by atoms with E-state index < -0.39 is 10.8 Å². The Balaban J connectivity index is 0. The molecule has 0 heterocycles. The van der Waals surface area contributed by atoms with E-state index in [2.05, 4.69) is 0 Å². The molecule has 0 spiro atoms. The van der Waals surface area contributed by atoms with Crippen molar-refractivity contribution in [2.24, 2.45) is 10.8 Å². The largest absolute Gasteiger partial charge is 0.299 e. The van der Waals surface area contributed by atoms with Crippen molar-refractivity contribution in [3.8, 4) is 0 Å². The first-order valence-corrected chi connectivity index (χ1v) is 4.62. The maximum atomic E-state index is 11.5. The predicted octanol–water partition coefficient (Wildman–Crippen LogP) is 2.60. The van der Waals surface area contributed by atoms with Gasteiger partial charge in [0.15, 0.2) is 0 Å². The van der Waals surface area contributed by atoms with Crippen LogP contribution in [0.15, 0.2) is 0 Å². The van der Waals surface area contributed by atoms with Gasteiger partial charge in [-0.3, -0.25) is 9.59 Å². The van der Waals surface area contributed by atoms with E-state index in [1.54, 1.807) is 0 Å². The van der Waals surface area contributed by atoms with Gasteiger partial charge in [-0.2, -0.15) is 0 Å². The Kier molecular flexibility index (Phi) is 6.07. The zero-order valence-corrected chi connectivity index (χ0v) is 12.3. The fourth-order valence-corrected chi connectivity index (χ4v) is 0.676. The number of rotatable bonds is 2. The van der Waals surface area contributed by atoms with Crippen molar-refractivity contribution in [3.63, 3.8) is 0 Å². The van der Waals surface area contributed by atoms with Crippen LogP contribution in [0.3, 0.4) is 0 Å². The Morgan fingerprint density at radius 2 is 1.00 bits per heavy atom. The van der Waals surface area contributed by atoms with Gasteiger partial charge in [-0.1, -0.05) is 41.5 Å². The Morgan fingerprint density at radius 3 is 1.14 bits per heavy atom. The van der Waals surface area contributed by atoms with Crippen molar-refractivity contribution >= 4 is 11.6 Å². The SMILES string of the molecule is CC(C)(C)C(=O)CC(=O)C(C)(C)C.[Ir]. The summed E-state index contributed by atoms with van der Waals surface area (Å²) >= 11 is 0. The molecule has 0 aliphatic rings. The summed E-state index contributed by atoms with van der Waals surface area (Å²) in [5, 5.41) is 0. The summed E-state index contributed by atoms with van der Waals surface area (Å²) in [5.74, 6) is 0.0415. The number of Topliss-reactive ketones (excluding diaryl/α,β-unsaturated/α-hetero) is 2. The molecular weight excluding hydrogens is 356 g/mol. The van der Waals surface area contributed by atoms with Crippen LogP contribution in [0.1, 0.15) is 48.0 Å². The molecule has 1 radical (unpaired) electrons. The molecule has 0 amide bonds. The quantitative estimate of drug-likeness (QED) is 0.695. The van der Waals surface area contributed by atoms with Gasteiger partial charge in [-0.25, -0.2) is 0 Å². The molecule has 0 aromatic carbocycles. The first kappa shape index (κ1) is 16.4. The Hall–Kier alpha value is -0.0106. The summed E-state index contributed by atoms with van der Waals surface area (Å²) in [6.45, 7) is 11.0. The second-order valence-corrected chi connectivity index (χ2v) is 5.52. The van der Waals surface area contributed by atoms with Crippen molar-refractivity contribution in [1.29, 1.82) is 0 Å². The number of hydrogen-bond donors (Lipinski definition) is 0. The van der Waals surface area contributed by atoms with Crippen molar-refractivity contribution in [3.05, 3.63) is 0 Å². The van der Waals surface area contributed by atoms with E-state index in [1.807, 2.05) is 41.5 Å². The number of carbonyl (C=O) groups is 2. The molecule has 0 atom stereocenters. The van der Waals surface area contributed by atoms with Crippen LogP contribution in [0.4, 0.5) is 0 Å². The van der Waals surface area contributed by atoms with E-state index in [4.69, 9.17) is 0 Å². The minimum atomic E-state index is -0.402. The number of carbonyl (C=O) groups excluding carboxylic acids is 2. The predicted molar refractivity (Wildman–Crippen MR) is 53.5 cm³/mol. The minimum Gasteiger partial charge on any atom is -0.299 e. The minimum absolute atomic E-state index is 0. The number of hydrogen-bond acceptors (Lipinski definition) is 2. The molecule has 0 N–H and O–H groups in total. The van der Waals surface area contributed by atoms with Crippen LogP contribution in [0.2, 0.25) is 0 Å². The van der Waals surface area contributed by atoms with Crippen molar-refractivity contribution in [1.82, 2.24) is 0 Å². The molecule has 0 unspecified atom stereocenters. The van der Waals surface area contributed by atoms with Gasteiger partial charge in [0.25, 0.3) is 0 Å². The van der Waals surface area contributed by atoms with Gasteiger partial charge in [-0.15, -0.1) is 0 Å². The van der Waals surface area contributed by atoms with Crippen molar-refractivity contribution in [2.75, 3.05) is 0 Å². The topological polar surface area (TPSA) is 34.1 Å². The molecule has 85 valence electrons. The molecule has 14 heavy (non-hydrogen) atoms. The molecule has 2 nitrogen and oxygen atoms in total. The van der Waals surface area contributed by atoms with Gasteiger partial charge in [0.05, 0.1) is 6.42 Å². The second kappa shape index (κ2) is 5.18. The molecule has 0 aliphatic carbocycles. The summed E-state index contributed by atoms with van der Waals surface area (Å²) in [4.78, 5) is 23.0. The monoisotopic (exact) mass is 377 g/mol. The molecule has 3 heteroatoms. The molecule has 0 fully saturated rings. The van der Waals surface area contributed by atoms with Gasteiger partial charge in [-0.05, 0) is 0 Å². The first-order valence-electron chi connectivity index (χ1n) is 4.62. The average Bonchev–Trinajstić information content (AvgIpc) is 1.82. The zero-order chi connectivity index (χ0) is 10.9. The Bertz CT molecular complexity index is 194. The van der Waals surface area contributed by atoms with E-state index in [1.165, 1.54) is 0 Å². The van der Waals surface area contributed by atoms with Crippen molar-refractivity contribution in [2.45, 2.75) is 48.0 Å². The maximum Gasteiger partial charge on any atom is 0.145 e. The normalized spacial score (nSPS) is 11.9. The summed E-state index contributed by atoms with van der Waals surface area (Å²) in [7, 11) is 0. The average molecular weight is 376 g/mol. The van der Waals surface area contributed by atoms with E-state index in [9.17, 15) is 9.59 Å². The molecule has 0 aromatic rings. The molecule has 0 aromatic heterocycles. The molecule has 0 rings (SSSR count). The smallest absolute Gasteiger partial charge is 0.145 e. The molecule has 0 saturated heterocycles. The number of ketones is 2. The van der Waals surface area contributed by atoms with Crippen LogP contribution in [0.25, 0.3) is 0 Å². The molecule has 0 saturated carbocycles. The zero-order valence-electron chi connectivity index (χ0n) is 9.86. The van der Waals surface area contributed by atoms with Crippen LogP contribution < -0.4 is 0 Å². The summed E-state index contributed by atoms with van der Waals surface area (Å²) in [6, 6.07) is 0. The van der Waals surface area contributed by atoms with E-state index in [0.29, 0.717) is 0 Å². The standard InChI is InChI=1S/C11H20O2.Ir/c1-10(2,3)8(12)7-9(13)11(4,5)6;/h7H2,1-6H3;. The fourth-order valence-electron chi connectivity index (χ4n) is 0.676. The van der Waals surface area contributed by atoms with Crippen LogP contribution in [-0.4, -0.2) is 11.6 Å². The van der Waals surface area contributed by atoms with Gasteiger partial charge in [0.2, 0.25) is 0 Å². The van der Waals surface area contributed by atoms with E-state index >= 15 is 0 Å². The van der Waals surface area contributed by atoms with Gasteiger partial charge >= 0.3 is 0 Å². The molecular formula is C11H20IrO2. The van der Waals surface area contributed by atoms with Gasteiger partial charge in [0.1, 0.15) is 11.6 Å². The third-order valence-electron chi connectivity index (χ3n) is 1.99. The Labute approximate surface area is 100 Å². The third-order valence-corrected chi connectivity index (χ3v) is 1.99. The third kappa shape index (κ3) is 5.66. The fraction of sp³-hybridized carbons (Fsp3) is 0.818. The van der Waals surface area contributed by atoms with E-state index in [-0.39, 0.29) is 38.1 Å². The maximum absolute atomic E-state index is 11.5. The summed E-state index contributed by atoms with van der Waals surface area (Å²) < 4.78 is 0. The van der Waals surface area contributed by atoms with Gasteiger partial charge in [0, 0.05) is 30.9 Å². The van der Waals surface area contributed by atoms with Crippen molar-refractivity contribution < 1.29 is 29.7 Å². The summed E-state index contributed by atoms with van der Waals surface area (Å²) in [6.07, 6.45) is 0.0625.